The number of carbonyl (C=O) groups is 2. The maximum Gasteiger partial charge on any atom is 0.321 e. The maximum atomic E-state index is 12.2. The van der Waals surface area contributed by atoms with Crippen molar-refractivity contribution in [2.75, 3.05) is 25.5 Å². The van der Waals surface area contributed by atoms with Crippen molar-refractivity contribution in [3.05, 3.63) is 17.7 Å². The Balaban J connectivity index is 2.42. The average Bonchev–Trinajstić information content (AvgIpc) is 2.88. The van der Waals surface area contributed by atoms with Crippen LogP contribution in [0.1, 0.15) is 24.2 Å². The molecule has 22 heavy (non-hydrogen) atoms. The Labute approximate surface area is 132 Å². The summed E-state index contributed by atoms with van der Waals surface area (Å²) >= 11 is 1.25. The van der Waals surface area contributed by atoms with E-state index in [-0.39, 0.29) is 11.9 Å². The lowest BCUT2D eigenvalue weighted by Gasteiger charge is -2.05. The molecular formula is C14H18N4O3S. The number of carbonyl (C=O) groups excluding carboxylic acids is 2. The zero-order valence-electron chi connectivity index (χ0n) is 12.6. The van der Waals surface area contributed by atoms with E-state index in [1.54, 1.807) is 12.1 Å². The molecule has 1 heterocycles. The molecule has 7 nitrogen and oxygen atoms in total. The highest BCUT2D eigenvalue weighted by atomic mass is 32.1. The molecule has 0 saturated carbocycles. The lowest BCUT2D eigenvalue weighted by molar-refractivity contribution is 0.0957. The molecular weight excluding hydrogens is 304 g/mol. The first kappa shape index (κ1) is 16.0. The second-order valence-corrected chi connectivity index (χ2v) is 5.39. The van der Waals surface area contributed by atoms with Crippen LogP contribution < -0.4 is 20.7 Å². The van der Waals surface area contributed by atoms with E-state index in [2.05, 4.69) is 20.9 Å². The molecule has 2 rings (SSSR count). The number of hydrogen-bond donors (Lipinski definition) is 3. The van der Waals surface area contributed by atoms with Crippen molar-refractivity contribution in [3.8, 4) is 5.75 Å². The molecule has 0 aliphatic heterocycles. The van der Waals surface area contributed by atoms with Crippen molar-refractivity contribution in [3.63, 3.8) is 0 Å². The van der Waals surface area contributed by atoms with E-state index in [0.717, 1.165) is 0 Å². The number of methoxy groups -OCH3 is 1. The molecule has 0 spiro atoms. The van der Waals surface area contributed by atoms with Crippen molar-refractivity contribution in [2.24, 2.45) is 0 Å². The Morgan fingerprint density at radius 3 is 2.59 bits per heavy atom. The van der Waals surface area contributed by atoms with Gasteiger partial charge in [0.1, 0.15) is 5.75 Å². The summed E-state index contributed by atoms with van der Waals surface area (Å²) < 4.78 is 5.91. The first-order valence-electron chi connectivity index (χ1n) is 6.90. The molecule has 0 atom stereocenters. The summed E-state index contributed by atoms with van der Waals surface area (Å²) in [5.41, 5.74) is 1.09. The van der Waals surface area contributed by atoms with Crippen LogP contribution in [0.25, 0.3) is 10.2 Å². The second-order valence-electron chi connectivity index (χ2n) is 4.39. The van der Waals surface area contributed by atoms with Crippen LogP contribution in [-0.4, -0.2) is 37.1 Å². The number of nitrogens with zero attached hydrogens (tertiary/aromatic N) is 1. The number of nitrogens with one attached hydrogen (secondary N) is 3. The minimum atomic E-state index is -0.326. The van der Waals surface area contributed by atoms with Gasteiger partial charge in [0.05, 0.1) is 22.9 Å². The van der Waals surface area contributed by atoms with Crippen molar-refractivity contribution in [1.82, 2.24) is 15.6 Å². The molecule has 0 aliphatic carbocycles. The van der Waals surface area contributed by atoms with Crippen LogP contribution in [0.2, 0.25) is 0 Å². The predicted molar refractivity (Wildman–Crippen MR) is 86.9 cm³/mol. The van der Waals surface area contributed by atoms with E-state index in [0.29, 0.717) is 39.8 Å². The monoisotopic (exact) mass is 322 g/mol. The Morgan fingerprint density at radius 2 is 1.95 bits per heavy atom. The van der Waals surface area contributed by atoms with Crippen LogP contribution >= 0.6 is 11.3 Å². The number of aromatic nitrogens is 1. The van der Waals surface area contributed by atoms with Gasteiger partial charge in [0.15, 0.2) is 5.13 Å². The number of thiazole rings is 1. The predicted octanol–water partition coefficient (Wildman–Crippen LogP) is 2.20. The van der Waals surface area contributed by atoms with Crippen molar-refractivity contribution in [2.45, 2.75) is 13.8 Å². The summed E-state index contributed by atoms with van der Waals surface area (Å²) in [5.74, 6) is 0.350. The molecule has 8 heteroatoms. The van der Waals surface area contributed by atoms with Gasteiger partial charge < -0.3 is 15.4 Å². The number of fused-ring (bicyclic) bond motifs is 1. The first-order chi connectivity index (χ1) is 10.6. The summed E-state index contributed by atoms with van der Waals surface area (Å²) in [7, 11) is 1.53. The normalized spacial score (nSPS) is 10.3. The summed E-state index contributed by atoms with van der Waals surface area (Å²) in [5, 5.41) is 8.47. The lowest BCUT2D eigenvalue weighted by atomic mass is 10.2. The average molecular weight is 322 g/mol. The van der Waals surface area contributed by atoms with Crippen molar-refractivity contribution < 1.29 is 14.3 Å². The smallest absolute Gasteiger partial charge is 0.321 e. The molecule has 118 valence electrons. The van der Waals surface area contributed by atoms with E-state index < -0.39 is 0 Å². The molecule has 0 fully saturated rings. The molecule has 0 radical (unpaired) electrons. The largest absolute Gasteiger partial charge is 0.497 e. The molecule has 3 amide bonds. The van der Waals surface area contributed by atoms with Crippen LogP contribution in [0.5, 0.6) is 5.75 Å². The summed E-state index contributed by atoms with van der Waals surface area (Å²) in [6, 6.07) is 3.08. The summed E-state index contributed by atoms with van der Waals surface area (Å²) in [4.78, 5) is 28.1. The third-order valence-electron chi connectivity index (χ3n) is 2.84. The van der Waals surface area contributed by atoms with Gasteiger partial charge in [-0.1, -0.05) is 11.3 Å². The molecule has 0 aliphatic rings. The van der Waals surface area contributed by atoms with Crippen LogP contribution in [0, 0.1) is 0 Å². The van der Waals surface area contributed by atoms with Crippen molar-refractivity contribution in [1.29, 1.82) is 0 Å². The van der Waals surface area contributed by atoms with Gasteiger partial charge in [0.2, 0.25) is 0 Å². The van der Waals surface area contributed by atoms with Gasteiger partial charge in [-0.25, -0.2) is 9.78 Å². The van der Waals surface area contributed by atoms with Crippen LogP contribution in [-0.2, 0) is 0 Å². The summed E-state index contributed by atoms with van der Waals surface area (Å²) in [6.45, 7) is 4.73. The SMILES string of the molecule is CCNC(=O)Nc1nc2cc(OC)cc(C(=O)NCC)c2s1. The Kier molecular flexibility index (Phi) is 5.16. The van der Waals surface area contributed by atoms with Crippen LogP contribution in [0.15, 0.2) is 12.1 Å². The highest BCUT2D eigenvalue weighted by molar-refractivity contribution is 7.22. The minimum absolute atomic E-state index is 0.195. The number of hydrogen-bond acceptors (Lipinski definition) is 5. The van der Waals surface area contributed by atoms with Gasteiger partial charge in [0, 0.05) is 19.2 Å². The van der Waals surface area contributed by atoms with E-state index in [1.807, 2.05) is 13.8 Å². The van der Waals surface area contributed by atoms with E-state index in [9.17, 15) is 9.59 Å². The van der Waals surface area contributed by atoms with Gasteiger partial charge in [0.25, 0.3) is 5.91 Å². The maximum absolute atomic E-state index is 12.2. The minimum Gasteiger partial charge on any atom is -0.497 e. The van der Waals surface area contributed by atoms with Crippen molar-refractivity contribution >= 4 is 38.6 Å². The Bertz CT molecular complexity index is 699. The highest BCUT2D eigenvalue weighted by Gasteiger charge is 2.16. The molecule has 0 bridgehead atoms. The van der Waals surface area contributed by atoms with E-state index >= 15 is 0 Å². The molecule has 0 unspecified atom stereocenters. The highest BCUT2D eigenvalue weighted by Crippen LogP contribution is 2.32. The summed E-state index contributed by atoms with van der Waals surface area (Å²) in [6.07, 6.45) is 0. The first-order valence-corrected chi connectivity index (χ1v) is 7.72. The van der Waals surface area contributed by atoms with Gasteiger partial charge in [-0.3, -0.25) is 10.1 Å². The van der Waals surface area contributed by atoms with E-state index in [4.69, 9.17) is 4.74 Å². The fraction of sp³-hybridized carbons (Fsp3) is 0.357. The van der Waals surface area contributed by atoms with Gasteiger partial charge in [-0.2, -0.15) is 0 Å². The number of urea groups is 1. The molecule has 1 aromatic carbocycles. The van der Waals surface area contributed by atoms with Gasteiger partial charge in [-0.15, -0.1) is 0 Å². The van der Waals surface area contributed by atoms with E-state index in [1.165, 1.54) is 18.4 Å². The lowest BCUT2D eigenvalue weighted by Crippen LogP contribution is -2.28. The molecule has 0 saturated heterocycles. The van der Waals surface area contributed by atoms with Crippen LogP contribution in [0.3, 0.4) is 0 Å². The molecule has 1 aromatic heterocycles. The topological polar surface area (TPSA) is 92.3 Å². The fourth-order valence-corrected chi connectivity index (χ4v) is 2.86. The Hall–Kier alpha value is -2.35. The van der Waals surface area contributed by atoms with Gasteiger partial charge in [-0.05, 0) is 19.9 Å². The standard InChI is InChI=1S/C14H18N4O3S/c1-4-15-12(19)9-6-8(21-3)7-10-11(9)22-14(17-10)18-13(20)16-5-2/h6-7H,4-5H2,1-3H3,(H,15,19)(H2,16,17,18,20). The fourth-order valence-electron chi connectivity index (χ4n) is 1.90. The second kappa shape index (κ2) is 7.08. The quantitative estimate of drug-likeness (QED) is 0.787. The van der Waals surface area contributed by atoms with Gasteiger partial charge >= 0.3 is 6.03 Å². The zero-order valence-corrected chi connectivity index (χ0v) is 13.5. The van der Waals surface area contributed by atoms with Crippen LogP contribution in [0.4, 0.5) is 9.93 Å². The number of anilines is 1. The number of amides is 3. The molecule has 3 N–H and O–H groups in total. The molecule has 2 aromatic rings. The third-order valence-corrected chi connectivity index (χ3v) is 3.86. The number of benzene rings is 1. The Morgan fingerprint density at radius 1 is 1.23 bits per heavy atom. The number of ether oxygens (including phenoxy) is 1. The number of rotatable bonds is 5. The zero-order chi connectivity index (χ0) is 16.1. The third kappa shape index (κ3) is 3.45.